The molecule has 0 radical (unpaired) electrons. The Morgan fingerprint density at radius 3 is 2.17 bits per heavy atom. The van der Waals surface area contributed by atoms with E-state index in [1.807, 2.05) is 0 Å². The Hall–Kier alpha value is -1.09. The summed E-state index contributed by atoms with van der Waals surface area (Å²) in [5.74, 6) is 0. The summed E-state index contributed by atoms with van der Waals surface area (Å²) in [7, 11) is -3.28. The van der Waals surface area contributed by atoms with E-state index in [0.29, 0.717) is 12.0 Å². The highest BCUT2D eigenvalue weighted by Gasteiger charge is 2.29. The molecule has 12 heavy (non-hydrogen) atoms. The van der Waals surface area contributed by atoms with Gasteiger partial charge in [-0.2, -0.15) is 0 Å². The van der Waals surface area contributed by atoms with E-state index in [2.05, 4.69) is 19.7 Å². The lowest BCUT2D eigenvalue weighted by Crippen LogP contribution is -1.97. The van der Waals surface area contributed by atoms with Crippen molar-refractivity contribution in [1.29, 1.82) is 0 Å². The minimum Gasteiger partial charge on any atom is -0.219 e. The minimum atomic E-state index is -3.28. The molecule has 0 N–H and O–H groups in total. The topological polar surface area (TPSA) is 34.1 Å². The van der Waals surface area contributed by atoms with E-state index in [1.165, 1.54) is 12.2 Å². The molecule has 0 fully saturated rings. The molecular weight excluding hydrogens is 172 g/mol. The molecular formula is C9H10O2S. The molecule has 0 aromatic rings. The van der Waals surface area contributed by atoms with Crippen LogP contribution in [0.3, 0.4) is 0 Å². The van der Waals surface area contributed by atoms with Gasteiger partial charge >= 0.3 is 0 Å². The second kappa shape index (κ2) is 2.75. The standard InChI is InChI=1S/C9H10O2S/c1-4-8-6-7(3)12(10,11)9(8)5-2/h4-5H,1-3,6H2. The molecule has 64 valence electrons. The Morgan fingerprint density at radius 2 is 1.83 bits per heavy atom. The fourth-order valence-corrected chi connectivity index (χ4v) is 2.51. The zero-order valence-electron chi connectivity index (χ0n) is 6.71. The predicted molar refractivity (Wildman–Crippen MR) is 50.1 cm³/mol. The summed E-state index contributed by atoms with van der Waals surface area (Å²) in [6.07, 6.45) is 3.24. The molecule has 0 atom stereocenters. The molecule has 0 amide bonds. The maximum Gasteiger partial charge on any atom is 0.202 e. The summed E-state index contributed by atoms with van der Waals surface area (Å²) in [6, 6.07) is 0. The third kappa shape index (κ3) is 1.06. The van der Waals surface area contributed by atoms with Crippen molar-refractivity contribution in [3.8, 4) is 0 Å². The third-order valence-electron chi connectivity index (χ3n) is 1.81. The van der Waals surface area contributed by atoms with Gasteiger partial charge in [-0.05, 0) is 5.57 Å². The van der Waals surface area contributed by atoms with Crippen LogP contribution in [0.15, 0.2) is 47.3 Å². The molecule has 2 nitrogen and oxygen atoms in total. The fourth-order valence-electron chi connectivity index (χ4n) is 1.14. The van der Waals surface area contributed by atoms with Crippen LogP contribution in [-0.2, 0) is 9.84 Å². The number of rotatable bonds is 2. The molecule has 1 rings (SSSR count). The van der Waals surface area contributed by atoms with Crippen LogP contribution in [0.5, 0.6) is 0 Å². The molecule has 0 unspecified atom stereocenters. The van der Waals surface area contributed by atoms with E-state index in [4.69, 9.17) is 0 Å². The largest absolute Gasteiger partial charge is 0.219 e. The summed E-state index contributed by atoms with van der Waals surface area (Å²) in [5.41, 5.74) is 0.690. The van der Waals surface area contributed by atoms with Gasteiger partial charge < -0.3 is 0 Å². The van der Waals surface area contributed by atoms with E-state index < -0.39 is 9.84 Å². The van der Waals surface area contributed by atoms with Crippen LogP contribution in [0.2, 0.25) is 0 Å². The van der Waals surface area contributed by atoms with E-state index in [9.17, 15) is 8.42 Å². The molecule has 0 aromatic heterocycles. The van der Waals surface area contributed by atoms with Crippen molar-refractivity contribution in [1.82, 2.24) is 0 Å². The molecule has 0 bridgehead atoms. The summed E-state index contributed by atoms with van der Waals surface area (Å²) in [6.45, 7) is 10.5. The van der Waals surface area contributed by atoms with Crippen molar-refractivity contribution >= 4 is 9.84 Å². The highest BCUT2D eigenvalue weighted by molar-refractivity contribution is 7.99. The zero-order valence-corrected chi connectivity index (χ0v) is 7.52. The average molecular weight is 182 g/mol. The quantitative estimate of drug-likeness (QED) is 0.654. The van der Waals surface area contributed by atoms with Crippen molar-refractivity contribution in [2.45, 2.75) is 6.42 Å². The summed E-state index contributed by atoms with van der Waals surface area (Å²) in [4.78, 5) is 0.481. The van der Waals surface area contributed by atoms with Gasteiger partial charge in [0.15, 0.2) is 0 Å². The minimum absolute atomic E-state index is 0.229. The Bertz CT molecular complexity index is 383. The van der Waals surface area contributed by atoms with Crippen molar-refractivity contribution in [2.75, 3.05) is 0 Å². The van der Waals surface area contributed by atoms with Crippen molar-refractivity contribution < 1.29 is 8.42 Å². The lowest BCUT2D eigenvalue weighted by atomic mass is 10.2. The number of allylic oxidation sites excluding steroid dienone is 4. The predicted octanol–water partition coefficient (Wildman–Crippen LogP) is 1.94. The van der Waals surface area contributed by atoms with Crippen LogP contribution in [0, 0.1) is 0 Å². The maximum atomic E-state index is 11.4. The Labute approximate surface area is 72.5 Å². The van der Waals surface area contributed by atoms with Crippen molar-refractivity contribution in [2.24, 2.45) is 0 Å². The average Bonchev–Trinajstić information content (AvgIpc) is 2.23. The van der Waals surface area contributed by atoms with E-state index in [1.54, 1.807) is 0 Å². The van der Waals surface area contributed by atoms with Gasteiger partial charge in [-0.15, -0.1) is 0 Å². The number of hydrogen-bond donors (Lipinski definition) is 0. The number of sulfone groups is 1. The second-order valence-corrected chi connectivity index (χ2v) is 4.54. The normalized spacial score (nSPS) is 21.2. The van der Waals surface area contributed by atoms with Crippen molar-refractivity contribution in [3.63, 3.8) is 0 Å². The van der Waals surface area contributed by atoms with Gasteiger partial charge in [0.2, 0.25) is 9.84 Å². The fraction of sp³-hybridized carbons (Fsp3) is 0.111. The highest BCUT2D eigenvalue weighted by atomic mass is 32.2. The van der Waals surface area contributed by atoms with Crippen LogP contribution in [-0.4, -0.2) is 8.42 Å². The molecule has 1 heterocycles. The van der Waals surface area contributed by atoms with Gasteiger partial charge in [-0.3, -0.25) is 0 Å². The first-order chi connectivity index (χ1) is 5.54. The van der Waals surface area contributed by atoms with Gasteiger partial charge in [0.05, 0.1) is 4.91 Å². The molecule has 1 aliphatic heterocycles. The first kappa shape index (κ1) is 9.00. The first-order valence-electron chi connectivity index (χ1n) is 3.45. The molecule has 0 aromatic carbocycles. The molecule has 3 heteroatoms. The number of hydrogen-bond acceptors (Lipinski definition) is 2. The molecule has 0 saturated carbocycles. The Morgan fingerprint density at radius 1 is 1.25 bits per heavy atom. The van der Waals surface area contributed by atoms with Gasteiger partial charge in [-0.25, -0.2) is 8.42 Å². The van der Waals surface area contributed by atoms with Gasteiger partial charge in [0.25, 0.3) is 0 Å². The summed E-state index contributed by atoms with van der Waals surface area (Å²) in [5, 5.41) is 0. The summed E-state index contributed by atoms with van der Waals surface area (Å²) >= 11 is 0. The first-order valence-corrected chi connectivity index (χ1v) is 4.93. The van der Waals surface area contributed by atoms with Gasteiger partial charge in [-0.1, -0.05) is 31.9 Å². The maximum absolute atomic E-state index is 11.4. The van der Waals surface area contributed by atoms with Gasteiger partial charge in [0, 0.05) is 11.3 Å². The summed E-state index contributed by atoms with van der Waals surface area (Å²) < 4.78 is 22.8. The van der Waals surface area contributed by atoms with Crippen LogP contribution in [0.4, 0.5) is 0 Å². The van der Waals surface area contributed by atoms with E-state index in [0.717, 1.165) is 0 Å². The van der Waals surface area contributed by atoms with Crippen LogP contribution >= 0.6 is 0 Å². The van der Waals surface area contributed by atoms with Gasteiger partial charge in [0.1, 0.15) is 0 Å². The Kier molecular flexibility index (Phi) is 2.06. The zero-order chi connectivity index (χ0) is 9.35. The molecule has 0 spiro atoms. The smallest absolute Gasteiger partial charge is 0.202 e. The second-order valence-electron chi connectivity index (χ2n) is 2.52. The van der Waals surface area contributed by atoms with Crippen LogP contribution in [0.25, 0.3) is 0 Å². The molecule has 1 aliphatic rings. The monoisotopic (exact) mass is 182 g/mol. The Balaban J connectivity index is 3.43. The lowest BCUT2D eigenvalue weighted by Gasteiger charge is -1.94. The lowest BCUT2D eigenvalue weighted by molar-refractivity contribution is 0.609. The van der Waals surface area contributed by atoms with Crippen molar-refractivity contribution in [3.05, 3.63) is 47.3 Å². The van der Waals surface area contributed by atoms with E-state index in [-0.39, 0.29) is 9.81 Å². The SMILES string of the molecule is C=CC1=C(C=C)S(=O)(=O)C(=C)C1. The molecule has 0 saturated heterocycles. The third-order valence-corrected chi connectivity index (χ3v) is 3.72. The molecule has 0 aliphatic carbocycles. The van der Waals surface area contributed by atoms with Crippen LogP contribution < -0.4 is 0 Å². The highest BCUT2D eigenvalue weighted by Crippen LogP contribution is 2.34. The van der Waals surface area contributed by atoms with Crippen LogP contribution in [0.1, 0.15) is 6.42 Å². The van der Waals surface area contributed by atoms with E-state index >= 15 is 0 Å².